The van der Waals surface area contributed by atoms with Crippen LogP contribution >= 0.6 is 0 Å². The Kier molecular flexibility index (Phi) is 6.61. The lowest BCUT2D eigenvalue weighted by Crippen LogP contribution is -2.39. The molecular formula is C15H29N3O3. The SMILES string of the molecule is CC(C)(C)CC(N)CC(=O)N1CCCN(CC(=O)O)CC1. The molecule has 0 aromatic carbocycles. The summed E-state index contributed by atoms with van der Waals surface area (Å²) in [5.74, 6) is -0.731. The summed E-state index contributed by atoms with van der Waals surface area (Å²) in [6, 6.07) is -0.115. The van der Waals surface area contributed by atoms with E-state index >= 15 is 0 Å². The molecule has 1 aliphatic heterocycles. The van der Waals surface area contributed by atoms with Crippen molar-refractivity contribution in [3.8, 4) is 0 Å². The highest BCUT2D eigenvalue weighted by atomic mass is 16.4. The average molecular weight is 299 g/mol. The molecule has 0 aromatic rings. The van der Waals surface area contributed by atoms with Crippen molar-refractivity contribution in [2.75, 3.05) is 32.7 Å². The Morgan fingerprint density at radius 3 is 2.43 bits per heavy atom. The minimum absolute atomic E-state index is 0.0472. The lowest BCUT2D eigenvalue weighted by Gasteiger charge is -2.26. The second-order valence-electron chi connectivity index (χ2n) is 7.13. The molecular weight excluding hydrogens is 270 g/mol. The Balaban J connectivity index is 2.43. The first-order chi connectivity index (χ1) is 9.67. The molecule has 3 N–H and O–H groups in total. The second kappa shape index (κ2) is 7.75. The van der Waals surface area contributed by atoms with Gasteiger partial charge in [0.1, 0.15) is 0 Å². The van der Waals surface area contributed by atoms with Crippen molar-refractivity contribution in [1.29, 1.82) is 0 Å². The fourth-order valence-corrected chi connectivity index (χ4v) is 2.78. The quantitative estimate of drug-likeness (QED) is 0.782. The highest BCUT2D eigenvalue weighted by Gasteiger charge is 2.23. The van der Waals surface area contributed by atoms with Gasteiger partial charge in [0.2, 0.25) is 5.91 Å². The van der Waals surface area contributed by atoms with Crippen LogP contribution in [0, 0.1) is 5.41 Å². The maximum Gasteiger partial charge on any atom is 0.317 e. The summed E-state index contributed by atoms with van der Waals surface area (Å²) in [5.41, 5.74) is 6.19. The summed E-state index contributed by atoms with van der Waals surface area (Å²) < 4.78 is 0. The summed E-state index contributed by atoms with van der Waals surface area (Å²) in [6.07, 6.45) is 2.00. The van der Waals surface area contributed by atoms with Gasteiger partial charge in [-0.3, -0.25) is 14.5 Å². The van der Waals surface area contributed by atoms with Crippen molar-refractivity contribution in [2.24, 2.45) is 11.1 Å². The van der Waals surface area contributed by atoms with Crippen LogP contribution in [0.2, 0.25) is 0 Å². The third-order valence-electron chi connectivity index (χ3n) is 3.61. The van der Waals surface area contributed by atoms with E-state index in [-0.39, 0.29) is 23.9 Å². The molecule has 1 heterocycles. The van der Waals surface area contributed by atoms with Crippen molar-refractivity contribution in [1.82, 2.24) is 9.80 Å². The molecule has 0 aromatic heterocycles. The summed E-state index contributed by atoms with van der Waals surface area (Å²) in [7, 11) is 0. The number of carbonyl (C=O) groups excluding carboxylic acids is 1. The van der Waals surface area contributed by atoms with Crippen LogP contribution in [0.5, 0.6) is 0 Å². The Labute approximate surface area is 127 Å². The van der Waals surface area contributed by atoms with Crippen LogP contribution in [-0.4, -0.2) is 65.5 Å². The normalized spacial score (nSPS) is 19.1. The van der Waals surface area contributed by atoms with Crippen LogP contribution in [0.4, 0.5) is 0 Å². The lowest BCUT2D eigenvalue weighted by molar-refractivity contribution is -0.138. The molecule has 1 fully saturated rings. The number of carboxylic acids is 1. The summed E-state index contributed by atoms with van der Waals surface area (Å²) >= 11 is 0. The number of nitrogens with zero attached hydrogens (tertiary/aromatic N) is 2. The first-order valence-electron chi connectivity index (χ1n) is 7.65. The van der Waals surface area contributed by atoms with Crippen molar-refractivity contribution < 1.29 is 14.7 Å². The number of hydrogen-bond donors (Lipinski definition) is 2. The number of nitrogens with two attached hydrogens (primary N) is 1. The van der Waals surface area contributed by atoms with Gasteiger partial charge in [-0.15, -0.1) is 0 Å². The third kappa shape index (κ3) is 7.43. The Bertz CT molecular complexity index is 366. The van der Waals surface area contributed by atoms with Gasteiger partial charge in [0.25, 0.3) is 0 Å². The van der Waals surface area contributed by atoms with Crippen LogP contribution in [0.25, 0.3) is 0 Å². The fraction of sp³-hybridized carbons (Fsp3) is 0.867. The van der Waals surface area contributed by atoms with Gasteiger partial charge in [-0.25, -0.2) is 0 Å². The molecule has 0 spiro atoms. The molecule has 1 aliphatic rings. The fourth-order valence-electron chi connectivity index (χ4n) is 2.78. The highest BCUT2D eigenvalue weighted by molar-refractivity contribution is 5.76. The topological polar surface area (TPSA) is 86.9 Å². The molecule has 1 saturated heterocycles. The van der Waals surface area contributed by atoms with Crippen molar-refractivity contribution in [2.45, 2.75) is 46.1 Å². The molecule has 122 valence electrons. The van der Waals surface area contributed by atoms with E-state index in [1.54, 1.807) is 0 Å². The maximum atomic E-state index is 12.3. The zero-order chi connectivity index (χ0) is 16.0. The molecule has 1 unspecified atom stereocenters. The predicted octanol–water partition coefficient (Wildman–Crippen LogP) is 0.759. The van der Waals surface area contributed by atoms with Crippen molar-refractivity contribution >= 4 is 11.9 Å². The second-order valence-corrected chi connectivity index (χ2v) is 7.13. The molecule has 0 bridgehead atoms. The number of hydrogen-bond acceptors (Lipinski definition) is 4. The van der Waals surface area contributed by atoms with Gasteiger partial charge in [-0.05, 0) is 18.3 Å². The van der Waals surface area contributed by atoms with Crippen molar-refractivity contribution in [3.05, 3.63) is 0 Å². The zero-order valence-corrected chi connectivity index (χ0v) is 13.5. The van der Waals surface area contributed by atoms with Gasteiger partial charge in [0.05, 0.1) is 6.54 Å². The molecule has 6 heteroatoms. The summed E-state index contributed by atoms with van der Waals surface area (Å²) in [4.78, 5) is 26.7. The van der Waals surface area contributed by atoms with E-state index in [2.05, 4.69) is 20.8 Å². The molecule has 6 nitrogen and oxygen atoms in total. The van der Waals surface area contributed by atoms with E-state index in [9.17, 15) is 9.59 Å². The van der Waals surface area contributed by atoms with E-state index in [1.165, 1.54) is 0 Å². The Morgan fingerprint density at radius 2 is 1.86 bits per heavy atom. The van der Waals surface area contributed by atoms with Gasteiger partial charge in [0.15, 0.2) is 0 Å². The van der Waals surface area contributed by atoms with Crippen LogP contribution in [0.1, 0.15) is 40.0 Å². The summed E-state index contributed by atoms with van der Waals surface area (Å²) in [5, 5.41) is 8.82. The molecule has 1 amide bonds. The monoisotopic (exact) mass is 299 g/mol. The molecule has 1 rings (SSSR count). The van der Waals surface area contributed by atoms with E-state index in [4.69, 9.17) is 10.8 Å². The Hall–Kier alpha value is -1.14. The summed E-state index contributed by atoms with van der Waals surface area (Å²) in [6.45, 7) is 9.03. The number of carbonyl (C=O) groups is 2. The van der Waals surface area contributed by atoms with Gasteiger partial charge in [-0.1, -0.05) is 20.8 Å². The minimum Gasteiger partial charge on any atom is -0.480 e. The molecule has 0 radical (unpaired) electrons. The smallest absolute Gasteiger partial charge is 0.317 e. The van der Waals surface area contributed by atoms with Crippen LogP contribution in [0.3, 0.4) is 0 Å². The Morgan fingerprint density at radius 1 is 1.19 bits per heavy atom. The van der Waals surface area contributed by atoms with Crippen LogP contribution in [-0.2, 0) is 9.59 Å². The highest BCUT2D eigenvalue weighted by Crippen LogP contribution is 2.21. The van der Waals surface area contributed by atoms with Gasteiger partial charge < -0.3 is 15.7 Å². The minimum atomic E-state index is -0.818. The van der Waals surface area contributed by atoms with Gasteiger partial charge in [-0.2, -0.15) is 0 Å². The molecule has 1 atom stereocenters. The third-order valence-corrected chi connectivity index (χ3v) is 3.61. The maximum absolute atomic E-state index is 12.3. The van der Waals surface area contributed by atoms with Gasteiger partial charge >= 0.3 is 5.97 Å². The molecule has 0 aliphatic carbocycles. The first-order valence-corrected chi connectivity index (χ1v) is 7.65. The van der Waals surface area contributed by atoms with Crippen LogP contribution in [0.15, 0.2) is 0 Å². The van der Waals surface area contributed by atoms with E-state index in [1.807, 2.05) is 9.80 Å². The average Bonchev–Trinajstić information content (AvgIpc) is 2.51. The molecule has 21 heavy (non-hydrogen) atoms. The predicted molar refractivity (Wildman–Crippen MR) is 81.9 cm³/mol. The van der Waals surface area contributed by atoms with Crippen molar-refractivity contribution in [3.63, 3.8) is 0 Å². The van der Waals surface area contributed by atoms with Crippen LogP contribution < -0.4 is 5.73 Å². The standard InChI is InChI=1S/C15H29N3O3/c1-15(2,3)10-12(16)9-13(19)18-6-4-5-17(7-8-18)11-14(20)21/h12H,4-11,16H2,1-3H3,(H,20,21). The lowest BCUT2D eigenvalue weighted by atomic mass is 9.87. The van der Waals surface area contributed by atoms with Gasteiger partial charge in [0, 0.05) is 38.6 Å². The number of carboxylic acid groups (broad SMARTS) is 1. The number of amides is 1. The zero-order valence-electron chi connectivity index (χ0n) is 13.5. The van der Waals surface area contributed by atoms with E-state index in [0.717, 1.165) is 19.4 Å². The number of rotatable bonds is 5. The van der Waals surface area contributed by atoms with E-state index in [0.29, 0.717) is 26.1 Å². The molecule has 0 saturated carbocycles. The van der Waals surface area contributed by atoms with E-state index < -0.39 is 5.97 Å². The number of aliphatic carboxylic acids is 1. The first kappa shape index (κ1) is 17.9. The largest absolute Gasteiger partial charge is 0.480 e.